The van der Waals surface area contributed by atoms with Crippen molar-refractivity contribution in [1.29, 1.82) is 0 Å². The summed E-state index contributed by atoms with van der Waals surface area (Å²) in [6.45, 7) is 6.52. The van der Waals surface area contributed by atoms with Gasteiger partial charge >= 0.3 is 0 Å². The van der Waals surface area contributed by atoms with Crippen LogP contribution in [0.4, 0.5) is 0 Å². The topological polar surface area (TPSA) is 40.6 Å². The zero-order chi connectivity index (χ0) is 17.1. The molecule has 2 aliphatic rings. The smallest absolute Gasteiger partial charge is 0.228 e. The first-order chi connectivity index (χ1) is 11.6. The quantitative estimate of drug-likeness (QED) is 0.834. The second-order valence-electron chi connectivity index (χ2n) is 7.46. The Kier molecular flexibility index (Phi) is 5.22. The van der Waals surface area contributed by atoms with Crippen LogP contribution in [0.3, 0.4) is 0 Å². The third-order valence-electron chi connectivity index (χ3n) is 5.43. The summed E-state index contributed by atoms with van der Waals surface area (Å²) in [4.78, 5) is 29.1. The second kappa shape index (κ2) is 7.37. The third kappa shape index (κ3) is 3.63. The van der Waals surface area contributed by atoms with E-state index < -0.39 is 0 Å². The molecule has 2 saturated heterocycles. The molecule has 0 bridgehead atoms. The molecule has 0 unspecified atom stereocenters. The van der Waals surface area contributed by atoms with Gasteiger partial charge in [0.25, 0.3) is 0 Å². The predicted octanol–water partition coefficient (Wildman–Crippen LogP) is 2.72. The molecule has 0 aromatic heterocycles. The van der Waals surface area contributed by atoms with Crippen molar-refractivity contribution >= 4 is 11.8 Å². The normalized spacial score (nSPS) is 24.2. The molecule has 2 heterocycles. The molecule has 2 atom stereocenters. The van der Waals surface area contributed by atoms with Gasteiger partial charge in [-0.05, 0) is 30.7 Å². The zero-order valence-electron chi connectivity index (χ0n) is 14.8. The first-order valence-corrected chi connectivity index (χ1v) is 9.18. The van der Waals surface area contributed by atoms with E-state index in [0.717, 1.165) is 25.8 Å². The molecule has 0 spiro atoms. The van der Waals surface area contributed by atoms with Gasteiger partial charge in [0.2, 0.25) is 11.8 Å². The molecule has 0 saturated carbocycles. The van der Waals surface area contributed by atoms with Gasteiger partial charge in [0.05, 0.1) is 5.92 Å². The number of nitrogens with zero attached hydrogens (tertiary/aromatic N) is 2. The molecule has 2 aliphatic heterocycles. The molecule has 0 N–H and O–H groups in total. The van der Waals surface area contributed by atoms with Crippen molar-refractivity contribution in [3.63, 3.8) is 0 Å². The lowest BCUT2D eigenvalue weighted by Crippen LogP contribution is -2.42. The fraction of sp³-hybridized carbons (Fsp3) is 0.600. The number of amides is 2. The number of rotatable bonds is 5. The van der Waals surface area contributed by atoms with Crippen molar-refractivity contribution < 1.29 is 9.59 Å². The maximum absolute atomic E-state index is 12.9. The van der Waals surface area contributed by atoms with E-state index in [1.54, 1.807) is 0 Å². The van der Waals surface area contributed by atoms with Gasteiger partial charge in [-0.3, -0.25) is 9.59 Å². The van der Waals surface area contributed by atoms with Crippen molar-refractivity contribution in [2.75, 3.05) is 19.6 Å². The maximum Gasteiger partial charge on any atom is 0.228 e. The van der Waals surface area contributed by atoms with E-state index in [-0.39, 0.29) is 17.7 Å². The summed E-state index contributed by atoms with van der Waals surface area (Å²) >= 11 is 0. The van der Waals surface area contributed by atoms with E-state index >= 15 is 0 Å². The standard InChI is InChI=1S/C20H28N2O2/c1-15(2)18-9-6-11-22(18)20(24)17-13-19(23)21(14-17)12-10-16-7-4-3-5-8-16/h3-5,7-8,15,17-18H,6,9-14H2,1-2H3/t17-,18-/m0/s1. The lowest BCUT2D eigenvalue weighted by molar-refractivity contribution is -0.137. The molecular formula is C20H28N2O2. The number of hydrogen-bond acceptors (Lipinski definition) is 2. The fourth-order valence-electron chi connectivity index (χ4n) is 4.06. The highest BCUT2D eigenvalue weighted by atomic mass is 16.2. The second-order valence-corrected chi connectivity index (χ2v) is 7.46. The van der Waals surface area contributed by atoms with E-state index in [9.17, 15) is 9.59 Å². The minimum atomic E-state index is -0.146. The van der Waals surface area contributed by atoms with Crippen LogP contribution >= 0.6 is 0 Å². The van der Waals surface area contributed by atoms with Crippen molar-refractivity contribution in [3.8, 4) is 0 Å². The van der Waals surface area contributed by atoms with Crippen LogP contribution in [0.25, 0.3) is 0 Å². The molecule has 4 heteroatoms. The molecule has 2 fully saturated rings. The molecule has 4 nitrogen and oxygen atoms in total. The minimum absolute atomic E-state index is 0.129. The number of carbonyl (C=O) groups excluding carboxylic acids is 2. The lowest BCUT2D eigenvalue weighted by Gasteiger charge is -2.29. The predicted molar refractivity (Wildman–Crippen MR) is 94.4 cm³/mol. The van der Waals surface area contributed by atoms with Crippen LogP contribution in [0.1, 0.15) is 38.7 Å². The van der Waals surface area contributed by atoms with Gasteiger partial charge in [0.15, 0.2) is 0 Å². The molecular weight excluding hydrogens is 300 g/mol. The van der Waals surface area contributed by atoms with Gasteiger partial charge in [-0.25, -0.2) is 0 Å². The third-order valence-corrected chi connectivity index (χ3v) is 5.43. The molecule has 1 aromatic carbocycles. The van der Waals surface area contributed by atoms with Crippen LogP contribution in [0, 0.1) is 11.8 Å². The Morgan fingerprint density at radius 3 is 2.71 bits per heavy atom. The Morgan fingerprint density at radius 2 is 2.00 bits per heavy atom. The highest BCUT2D eigenvalue weighted by Gasteiger charge is 2.40. The summed E-state index contributed by atoms with van der Waals surface area (Å²) in [5.74, 6) is 0.668. The summed E-state index contributed by atoms with van der Waals surface area (Å²) in [6, 6.07) is 10.6. The van der Waals surface area contributed by atoms with Crippen LogP contribution in [0.2, 0.25) is 0 Å². The van der Waals surface area contributed by atoms with Gasteiger partial charge < -0.3 is 9.80 Å². The van der Waals surface area contributed by atoms with Crippen molar-refractivity contribution in [2.45, 2.75) is 45.6 Å². The minimum Gasteiger partial charge on any atom is -0.342 e. The highest BCUT2D eigenvalue weighted by Crippen LogP contribution is 2.28. The molecule has 2 amide bonds. The van der Waals surface area contributed by atoms with E-state index in [1.807, 2.05) is 28.0 Å². The number of carbonyl (C=O) groups is 2. The summed E-state index contributed by atoms with van der Waals surface area (Å²) in [6.07, 6.45) is 3.43. The molecule has 0 aliphatic carbocycles. The number of likely N-dealkylation sites (tertiary alicyclic amines) is 2. The number of hydrogen-bond donors (Lipinski definition) is 0. The molecule has 130 valence electrons. The summed E-state index contributed by atoms with van der Waals surface area (Å²) in [7, 11) is 0. The van der Waals surface area contributed by atoms with Crippen molar-refractivity contribution in [1.82, 2.24) is 9.80 Å². The van der Waals surface area contributed by atoms with Crippen LogP contribution in [0.15, 0.2) is 30.3 Å². The Morgan fingerprint density at radius 1 is 1.25 bits per heavy atom. The van der Waals surface area contributed by atoms with Gasteiger partial charge in [-0.2, -0.15) is 0 Å². The zero-order valence-corrected chi connectivity index (χ0v) is 14.8. The van der Waals surface area contributed by atoms with E-state index in [1.165, 1.54) is 5.56 Å². The molecule has 0 radical (unpaired) electrons. The summed E-state index contributed by atoms with van der Waals surface area (Å²) in [5, 5.41) is 0. The molecule has 24 heavy (non-hydrogen) atoms. The fourth-order valence-corrected chi connectivity index (χ4v) is 4.06. The first kappa shape index (κ1) is 17.0. The Balaban J connectivity index is 1.57. The van der Waals surface area contributed by atoms with E-state index in [0.29, 0.717) is 31.5 Å². The maximum atomic E-state index is 12.9. The summed E-state index contributed by atoms with van der Waals surface area (Å²) in [5.41, 5.74) is 1.24. The molecule has 3 rings (SSSR count). The largest absolute Gasteiger partial charge is 0.342 e. The van der Waals surface area contributed by atoms with Gasteiger partial charge in [0.1, 0.15) is 0 Å². The van der Waals surface area contributed by atoms with Crippen molar-refractivity contribution in [2.24, 2.45) is 11.8 Å². The van der Waals surface area contributed by atoms with Crippen molar-refractivity contribution in [3.05, 3.63) is 35.9 Å². The van der Waals surface area contributed by atoms with Crippen LogP contribution < -0.4 is 0 Å². The van der Waals surface area contributed by atoms with Gasteiger partial charge in [-0.15, -0.1) is 0 Å². The average Bonchev–Trinajstić information content (AvgIpc) is 3.20. The Hall–Kier alpha value is -1.84. The van der Waals surface area contributed by atoms with Crippen LogP contribution in [-0.4, -0.2) is 47.3 Å². The van der Waals surface area contributed by atoms with E-state index in [2.05, 4.69) is 26.0 Å². The first-order valence-electron chi connectivity index (χ1n) is 9.18. The van der Waals surface area contributed by atoms with Gasteiger partial charge in [0, 0.05) is 32.1 Å². The van der Waals surface area contributed by atoms with Gasteiger partial charge in [-0.1, -0.05) is 44.2 Å². The summed E-state index contributed by atoms with van der Waals surface area (Å²) < 4.78 is 0. The number of benzene rings is 1. The molecule has 1 aromatic rings. The van der Waals surface area contributed by atoms with Crippen LogP contribution in [-0.2, 0) is 16.0 Å². The average molecular weight is 328 g/mol. The SMILES string of the molecule is CC(C)[C@@H]1CCCN1C(=O)[C@H]1CC(=O)N(CCc2ccccc2)C1. The van der Waals surface area contributed by atoms with Crippen LogP contribution in [0.5, 0.6) is 0 Å². The van der Waals surface area contributed by atoms with E-state index in [4.69, 9.17) is 0 Å². The lowest BCUT2D eigenvalue weighted by atomic mass is 10.00. The Labute approximate surface area is 144 Å². The highest BCUT2D eigenvalue weighted by molar-refractivity contribution is 5.89. The Bertz CT molecular complexity index is 585. The monoisotopic (exact) mass is 328 g/mol.